The molecule has 3 aromatic rings. The average Bonchev–Trinajstić information content (AvgIpc) is 2.84. The number of nitrogens with zero attached hydrogens (tertiary/aromatic N) is 3. The Morgan fingerprint density at radius 1 is 1.21 bits per heavy atom. The summed E-state index contributed by atoms with van der Waals surface area (Å²) in [6, 6.07) is 7.91. The Balaban J connectivity index is 1.89. The molecule has 3 N–H and O–H groups in total. The van der Waals surface area contributed by atoms with Gasteiger partial charge in [-0.15, -0.1) is 0 Å². The van der Waals surface area contributed by atoms with Crippen LogP contribution in [0.3, 0.4) is 0 Å². The zero-order chi connectivity index (χ0) is 13.2. The molecule has 0 aliphatic rings. The summed E-state index contributed by atoms with van der Waals surface area (Å²) in [4.78, 5) is 4.09. The fourth-order valence-electron chi connectivity index (χ4n) is 2.11. The first kappa shape index (κ1) is 11.5. The molecule has 3 rings (SSSR count). The lowest BCUT2D eigenvalue weighted by atomic mass is 10.1. The van der Waals surface area contributed by atoms with Gasteiger partial charge < -0.3 is 11.1 Å². The van der Waals surface area contributed by atoms with E-state index in [1.54, 1.807) is 12.4 Å². The normalized spacial score (nSPS) is 10.8. The van der Waals surface area contributed by atoms with E-state index in [2.05, 4.69) is 15.4 Å². The second kappa shape index (κ2) is 4.61. The summed E-state index contributed by atoms with van der Waals surface area (Å²) in [5, 5.41) is 9.55. The molecule has 5 heteroatoms. The molecule has 0 fully saturated rings. The number of rotatable bonds is 3. The van der Waals surface area contributed by atoms with E-state index < -0.39 is 0 Å². The van der Waals surface area contributed by atoms with Gasteiger partial charge in [0.1, 0.15) is 0 Å². The van der Waals surface area contributed by atoms with Crippen LogP contribution in [0.1, 0.15) is 5.69 Å². The molecule has 0 saturated heterocycles. The lowest BCUT2D eigenvalue weighted by Crippen LogP contribution is -2.07. The summed E-state index contributed by atoms with van der Waals surface area (Å²) >= 11 is 0. The Hall–Kier alpha value is -2.56. The highest BCUT2D eigenvalue weighted by Crippen LogP contribution is 2.28. The van der Waals surface area contributed by atoms with E-state index >= 15 is 0 Å². The molecule has 0 amide bonds. The third kappa shape index (κ3) is 2.10. The van der Waals surface area contributed by atoms with Crippen LogP contribution in [0.4, 0.5) is 11.4 Å². The largest absolute Gasteiger partial charge is 0.397 e. The van der Waals surface area contributed by atoms with Crippen LogP contribution in [0.25, 0.3) is 10.8 Å². The van der Waals surface area contributed by atoms with Crippen molar-refractivity contribution >= 4 is 22.1 Å². The van der Waals surface area contributed by atoms with Gasteiger partial charge in [0, 0.05) is 36.4 Å². The summed E-state index contributed by atoms with van der Waals surface area (Å²) in [5.74, 6) is 0. The lowest BCUT2D eigenvalue weighted by Gasteiger charge is -2.11. The highest BCUT2D eigenvalue weighted by atomic mass is 15.3. The third-order valence-corrected chi connectivity index (χ3v) is 3.24. The molecule has 0 atom stereocenters. The van der Waals surface area contributed by atoms with Crippen LogP contribution < -0.4 is 11.1 Å². The van der Waals surface area contributed by atoms with E-state index in [-0.39, 0.29) is 0 Å². The predicted octanol–water partition coefficient (Wildman–Crippen LogP) is 2.16. The number of aryl methyl sites for hydroxylation is 1. The highest BCUT2D eigenvalue weighted by molar-refractivity contribution is 5.98. The van der Waals surface area contributed by atoms with Crippen LogP contribution in [-0.4, -0.2) is 14.8 Å². The predicted molar refractivity (Wildman–Crippen MR) is 76.7 cm³/mol. The van der Waals surface area contributed by atoms with Gasteiger partial charge in [0.05, 0.1) is 23.6 Å². The van der Waals surface area contributed by atoms with Crippen molar-refractivity contribution in [3.05, 3.63) is 48.5 Å². The Morgan fingerprint density at radius 2 is 2.11 bits per heavy atom. The zero-order valence-electron chi connectivity index (χ0n) is 10.7. The Morgan fingerprint density at radius 3 is 2.89 bits per heavy atom. The van der Waals surface area contributed by atoms with Crippen LogP contribution in [0, 0.1) is 0 Å². The zero-order valence-corrected chi connectivity index (χ0v) is 10.7. The average molecular weight is 253 g/mol. The number of fused-ring (bicyclic) bond motifs is 1. The monoisotopic (exact) mass is 253 g/mol. The number of anilines is 2. The van der Waals surface area contributed by atoms with Gasteiger partial charge in [0.2, 0.25) is 0 Å². The van der Waals surface area contributed by atoms with Gasteiger partial charge in [-0.3, -0.25) is 9.67 Å². The molecule has 0 saturated carbocycles. The highest BCUT2D eigenvalue weighted by Gasteiger charge is 2.05. The maximum Gasteiger partial charge on any atom is 0.0630 e. The molecule has 1 aromatic carbocycles. The topological polar surface area (TPSA) is 68.8 Å². The Bertz CT molecular complexity index is 717. The van der Waals surface area contributed by atoms with Crippen molar-refractivity contribution in [1.82, 2.24) is 14.8 Å². The quantitative estimate of drug-likeness (QED) is 0.702. The summed E-state index contributed by atoms with van der Waals surface area (Å²) in [6.45, 7) is 0.692. The number of hydrogen-bond acceptors (Lipinski definition) is 4. The first-order valence-corrected chi connectivity index (χ1v) is 6.08. The molecule has 0 unspecified atom stereocenters. The molecular weight excluding hydrogens is 238 g/mol. The van der Waals surface area contributed by atoms with E-state index in [0.29, 0.717) is 6.54 Å². The summed E-state index contributed by atoms with van der Waals surface area (Å²) in [7, 11) is 1.92. The smallest absolute Gasteiger partial charge is 0.0630 e. The third-order valence-electron chi connectivity index (χ3n) is 3.24. The Kier molecular flexibility index (Phi) is 2.79. The van der Waals surface area contributed by atoms with Gasteiger partial charge in [0.25, 0.3) is 0 Å². The van der Waals surface area contributed by atoms with Crippen molar-refractivity contribution in [1.29, 1.82) is 0 Å². The standard InChI is InChI=1S/C14H15N5/c1-19-11(4-7-18-19)9-17-13-3-2-10-8-16-6-5-12(10)14(13)15/h2-8,17H,9,15H2,1H3. The summed E-state index contributed by atoms with van der Waals surface area (Å²) < 4.78 is 1.84. The second-order valence-electron chi connectivity index (χ2n) is 4.42. The van der Waals surface area contributed by atoms with Gasteiger partial charge in [-0.25, -0.2) is 0 Å². The van der Waals surface area contributed by atoms with Crippen LogP contribution in [0.5, 0.6) is 0 Å². The molecule has 0 aliphatic heterocycles. The minimum atomic E-state index is 0.692. The number of hydrogen-bond donors (Lipinski definition) is 2. The summed E-state index contributed by atoms with van der Waals surface area (Å²) in [6.07, 6.45) is 5.35. The molecule has 0 bridgehead atoms. The molecule has 2 heterocycles. The van der Waals surface area contributed by atoms with E-state index in [9.17, 15) is 0 Å². The maximum atomic E-state index is 6.18. The van der Waals surface area contributed by atoms with E-state index in [4.69, 9.17) is 5.73 Å². The van der Waals surface area contributed by atoms with Crippen molar-refractivity contribution in [3.63, 3.8) is 0 Å². The molecule has 19 heavy (non-hydrogen) atoms. The first-order valence-electron chi connectivity index (χ1n) is 6.08. The lowest BCUT2D eigenvalue weighted by molar-refractivity contribution is 0.720. The SMILES string of the molecule is Cn1nccc1CNc1ccc2cnccc2c1N. The molecule has 96 valence electrons. The van der Waals surface area contributed by atoms with Gasteiger partial charge in [-0.05, 0) is 18.2 Å². The van der Waals surface area contributed by atoms with E-state index in [1.807, 2.05) is 42.2 Å². The van der Waals surface area contributed by atoms with Crippen LogP contribution in [0.15, 0.2) is 42.9 Å². The fraction of sp³-hybridized carbons (Fsp3) is 0.143. The molecule has 2 aromatic heterocycles. The van der Waals surface area contributed by atoms with Crippen molar-refractivity contribution in [3.8, 4) is 0 Å². The van der Waals surface area contributed by atoms with Gasteiger partial charge >= 0.3 is 0 Å². The molecular formula is C14H15N5. The number of nitrogen functional groups attached to an aromatic ring is 1. The minimum absolute atomic E-state index is 0.692. The number of pyridine rings is 1. The maximum absolute atomic E-state index is 6.18. The molecule has 0 aliphatic carbocycles. The fourth-order valence-corrected chi connectivity index (χ4v) is 2.11. The van der Waals surface area contributed by atoms with Crippen molar-refractivity contribution in [2.45, 2.75) is 6.54 Å². The summed E-state index contributed by atoms with van der Waals surface area (Å²) in [5.41, 5.74) is 8.97. The molecule has 5 nitrogen and oxygen atoms in total. The minimum Gasteiger partial charge on any atom is -0.397 e. The van der Waals surface area contributed by atoms with Gasteiger partial charge in [-0.1, -0.05) is 6.07 Å². The Labute approximate surface area is 111 Å². The number of benzene rings is 1. The van der Waals surface area contributed by atoms with E-state index in [0.717, 1.165) is 27.8 Å². The van der Waals surface area contributed by atoms with E-state index in [1.165, 1.54) is 0 Å². The first-order chi connectivity index (χ1) is 9.25. The number of nitrogens with one attached hydrogen (secondary N) is 1. The van der Waals surface area contributed by atoms with Crippen LogP contribution >= 0.6 is 0 Å². The van der Waals surface area contributed by atoms with Crippen molar-refractivity contribution in [2.75, 3.05) is 11.1 Å². The number of nitrogens with two attached hydrogens (primary N) is 1. The second-order valence-corrected chi connectivity index (χ2v) is 4.42. The molecule has 0 spiro atoms. The van der Waals surface area contributed by atoms with Gasteiger partial charge in [0.15, 0.2) is 0 Å². The van der Waals surface area contributed by atoms with Crippen LogP contribution in [-0.2, 0) is 13.6 Å². The van der Waals surface area contributed by atoms with Crippen LogP contribution in [0.2, 0.25) is 0 Å². The van der Waals surface area contributed by atoms with Crippen molar-refractivity contribution < 1.29 is 0 Å². The van der Waals surface area contributed by atoms with Gasteiger partial charge in [-0.2, -0.15) is 5.10 Å². The molecule has 0 radical (unpaired) electrons. The van der Waals surface area contributed by atoms with Crippen molar-refractivity contribution in [2.24, 2.45) is 7.05 Å². The number of aromatic nitrogens is 3.